The number of nitro groups is 1. The van der Waals surface area contributed by atoms with Gasteiger partial charge in [0, 0.05) is 24.7 Å². The second kappa shape index (κ2) is 10.3. The molecule has 188 valence electrons. The second-order valence-electron chi connectivity index (χ2n) is 7.53. The molecule has 15 heteroatoms. The molecular weight excluding hydrogens is 524 g/mol. The number of hydrogen-bond donors (Lipinski definition) is 2. The first-order valence-electron chi connectivity index (χ1n) is 10.6. The lowest BCUT2D eigenvalue weighted by Crippen LogP contribution is -2.37. The van der Waals surface area contributed by atoms with E-state index in [2.05, 4.69) is 20.5 Å². The fourth-order valence-corrected chi connectivity index (χ4v) is 5.11. The van der Waals surface area contributed by atoms with Crippen LogP contribution in [0.3, 0.4) is 0 Å². The van der Waals surface area contributed by atoms with Crippen molar-refractivity contribution in [1.29, 1.82) is 0 Å². The first-order valence-corrected chi connectivity index (χ1v) is 12.3. The molecule has 5 rings (SSSR count). The van der Waals surface area contributed by atoms with Gasteiger partial charge in [-0.2, -0.15) is 5.10 Å². The molecule has 0 saturated carbocycles. The Bertz CT molecular complexity index is 1440. The Kier molecular flexibility index (Phi) is 6.78. The largest absolute Gasteiger partial charge is 0.454 e. The molecule has 0 aliphatic carbocycles. The van der Waals surface area contributed by atoms with Gasteiger partial charge in [-0.1, -0.05) is 6.07 Å². The van der Waals surface area contributed by atoms with Crippen LogP contribution in [0.5, 0.6) is 11.5 Å². The molecule has 1 aromatic heterocycles. The number of carbonyl (C=O) groups is 3. The number of fused-ring (bicyclic) bond motifs is 1. The highest BCUT2D eigenvalue weighted by Crippen LogP contribution is 2.36. The molecule has 3 aromatic rings. The fourth-order valence-electron chi connectivity index (χ4n) is 3.47. The summed E-state index contributed by atoms with van der Waals surface area (Å²) < 4.78 is 10.6. The Morgan fingerprint density at radius 3 is 2.86 bits per heavy atom. The molecule has 0 atom stereocenters. The van der Waals surface area contributed by atoms with Gasteiger partial charge in [0.05, 0.1) is 14.7 Å². The first-order chi connectivity index (χ1) is 17.9. The maximum Gasteiger partial charge on any atom is 0.293 e. The van der Waals surface area contributed by atoms with E-state index in [9.17, 15) is 24.5 Å². The Hall–Kier alpha value is -4.37. The van der Waals surface area contributed by atoms with E-state index in [-0.39, 0.29) is 40.9 Å². The highest BCUT2D eigenvalue weighted by molar-refractivity contribution is 8.18. The lowest BCUT2D eigenvalue weighted by atomic mass is 10.2. The summed E-state index contributed by atoms with van der Waals surface area (Å²) in [6, 6.07) is 9.22. The molecule has 13 nitrogen and oxygen atoms in total. The second-order valence-corrected chi connectivity index (χ2v) is 9.56. The zero-order valence-electron chi connectivity index (χ0n) is 18.7. The van der Waals surface area contributed by atoms with E-state index in [1.54, 1.807) is 24.3 Å². The molecule has 2 aromatic carbocycles. The number of nitro benzene ring substituents is 1. The van der Waals surface area contributed by atoms with Gasteiger partial charge in [-0.25, -0.2) is 4.98 Å². The number of nitrogens with one attached hydrogen (secondary N) is 2. The van der Waals surface area contributed by atoms with Gasteiger partial charge in [0.1, 0.15) is 6.33 Å². The van der Waals surface area contributed by atoms with Gasteiger partial charge in [0.15, 0.2) is 16.7 Å². The van der Waals surface area contributed by atoms with E-state index < -0.39 is 22.0 Å². The lowest BCUT2D eigenvalue weighted by molar-refractivity contribution is -0.387. The zero-order chi connectivity index (χ0) is 25.9. The van der Waals surface area contributed by atoms with Crippen molar-refractivity contribution < 1.29 is 28.8 Å². The Labute approximate surface area is 216 Å². The van der Waals surface area contributed by atoms with Gasteiger partial charge < -0.3 is 14.8 Å². The van der Waals surface area contributed by atoms with E-state index in [4.69, 9.17) is 9.47 Å². The topological polar surface area (TPSA) is 170 Å². The van der Waals surface area contributed by atoms with Crippen molar-refractivity contribution in [3.8, 4) is 11.5 Å². The van der Waals surface area contributed by atoms with Crippen molar-refractivity contribution in [3.63, 3.8) is 0 Å². The van der Waals surface area contributed by atoms with Crippen molar-refractivity contribution in [3.05, 3.63) is 68.9 Å². The first kappa shape index (κ1) is 24.3. The summed E-state index contributed by atoms with van der Waals surface area (Å²) in [4.78, 5) is 54.1. The minimum Gasteiger partial charge on any atom is -0.454 e. The minimum absolute atomic E-state index is 0.0312. The van der Waals surface area contributed by atoms with E-state index >= 15 is 0 Å². The molecule has 0 unspecified atom stereocenters. The highest BCUT2D eigenvalue weighted by atomic mass is 32.2. The summed E-state index contributed by atoms with van der Waals surface area (Å²) in [5.74, 6) is 0.101. The maximum absolute atomic E-state index is 12.7. The quantitative estimate of drug-likeness (QED) is 0.244. The van der Waals surface area contributed by atoms with Gasteiger partial charge in [-0.3, -0.25) is 34.5 Å². The van der Waals surface area contributed by atoms with Crippen LogP contribution >= 0.6 is 23.5 Å². The molecule has 3 heterocycles. The number of hydrogen-bond acceptors (Lipinski definition) is 11. The fraction of sp³-hybridized carbons (Fsp3) is 0.136. The van der Waals surface area contributed by atoms with Crippen LogP contribution in [0.2, 0.25) is 0 Å². The van der Waals surface area contributed by atoms with Gasteiger partial charge >= 0.3 is 0 Å². The summed E-state index contributed by atoms with van der Waals surface area (Å²) in [5.41, 5.74) is 0.466. The van der Waals surface area contributed by atoms with Crippen molar-refractivity contribution in [1.82, 2.24) is 25.4 Å². The summed E-state index contributed by atoms with van der Waals surface area (Å²) in [6.45, 7) is 0.0348. The van der Waals surface area contributed by atoms with Crippen LogP contribution in [0.1, 0.15) is 15.9 Å². The molecule has 2 aliphatic rings. The summed E-state index contributed by atoms with van der Waals surface area (Å²) >= 11 is 1.80. The smallest absolute Gasteiger partial charge is 0.293 e. The number of rotatable bonds is 8. The van der Waals surface area contributed by atoms with Crippen LogP contribution in [0.25, 0.3) is 6.08 Å². The van der Waals surface area contributed by atoms with Crippen molar-refractivity contribution in [2.45, 2.75) is 10.1 Å². The van der Waals surface area contributed by atoms with E-state index in [1.165, 1.54) is 18.5 Å². The molecular formula is C22H16N6O7S2. The Morgan fingerprint density at radius 2 is 2.08 bits per heavy atom. The van der Waals surface area contributed by atoms with E-state index in [0.717, 1.165) is 34.5 Å². The molecule has 2 N–H and O–H groups in total. The van der Waals surface area contributed by atoms with E-state index in [0.29, 0.717) is 22.2 Å². The molecule has 0 bridgehead atoms. The summed E-state index contributed by atoms with van der Waals surface area (Å²) in [7, 11) is 0. The molecule has 0 spiro atoms. The summed E-state index contributed by atoms with van der Waals surface area (Å²) in [6.07, 6.45) is 2.86. The van der Waals surface area contributed by atoms with Crippen LogP contribution in [-0.2, 0) is 4.79 Å². The Balaban J connectivity index is 1.20. The third-order valence-electron chi connectivity index (χ3n) is 5.21. The number of amides is 3. The number of nitrogens with zero attached hydrogens (tertiary/aromatic N) is 4. The number of H-pyrrole nitrogens is 1. The molecule has 0 radical (unpaired) electrons. The standard InChI is InChI=1S/C22H16N6O7S2/c29-19(13-2-4-17(14(9-13)28(32)33)36-21-24-10-25-26-21)23-5-6-27-20(30)18(37-22(27)31)8-12-1-3-15-16(7-12)35-11-34-15/h1-4,7-10H,5-6,11H2,(H,23,29)(H,24,25,26). The molecule has 2 aliphatic heterocycles. The number of aromatic nitrogens is 3. The zero-order valence-corrected chi connectivity index (χ0v) is 20.3. The van der Waals surface area contributed by atoms with Gasteiger partial charge in [-0.05, 0) is 59.4 Å². The third kappa shape index (κ3) is 5.26. The van der Waals surface area contributed by atoms with Crippen LogP contribution < -0.4 is 14.8 Å². The van der Waals surface area contributed by atoms with Crippen LogP contribution in [0.15, 0.2) is 57.7 Å². The predicted molar refractivity (Wildman–Crippen MR) is 131 cm³/mol. The number of aromatic amines is 1. The monoisotopic (exact) mass is 540 g/mol. The van der Waals surface area contributed by atoms with Crippen molar-refractivity contribution >= 4 is 52.3 Å². The van der Waals surface area contributed by atoms with Gasteiger partial charge in [0.25, 0.3) is 22.7 Å². The van der Waals surface area contributed by atoms with Crippen LogP contribution in [-0.4, -0.2) is 61.9 Å². The molecule has 1 fully saturated rings. The SMILES string of the molecule is O=C(NCCN1C(=O)SC(=Cc2ccc3c(c2)OCO3)C1=O)c1ccc(Sc2ncn[nH]2)c([N+](=O)[O-])c1. The van der Waals surface area contributed by atoms with Gasteiger partial charge in [-0.15, -0.1) is 0 Å². The average molecular weight is 541 g/mol. The number of carbonyl (C=O) groups excluding carboxylic acids is 3. The summed E-state index contributed by atoms with van der Waals surface area (Å²) in [5, 5.41) is 20.3. The number of benzene rings is 2. The lowest BCUT2D eigenvalue weighted by Gasteiger charge is -2.13. The molecule has 37 heavy (non-hydrogen) atoms. The van der Waals surface area contributed by atoms with E-state index in [1.807, 2.05) is 0 Å². The van der Waals surface area contributed by atoms with Crippen LogP contribution in [0, 0.1) is 10.1 Å². The van der Waals surface area contributed by atoms with Gasteiger partial charge in [0.2, 0.25) is 6.79 Å². The number of ether oxygens (including phenoxy) is 2. The number of thioether (sulfide) groups is 1. The normalized spacial score (nSPS) is 15.5. The number of imide groups is 1. The maximum atomic E-state index is 12.7. The molecule has 1 saturated heterocycles. The minimum atomic E-state index is -0.595. The average Bonchev–Trinajstić information content (AvgIpc) is 3.62. The van der Waals surface area contributed by atoms with Crippen molar-refractivity contribution in [2.75, 3.05) is 19.9 Å². The Morgan fingerprint density at radius 1 is 1.24 bits per heavy atom. The molecule has 3 amide bonds. The third-order valence-corrected chi connectivity index (χ3v) is 7.07. The van der Waals surface area contributed by atoms with Crippen LogP contribution in [0.4, 0.5) is 10.5 Å². The highest BCUT2D eigenvalue weighted by Gasteiger charge is 2.34. The predicted octanol–water partition coefficient (Wildman–Crippen LogP) is 3.06. The van der Waals surface area contributed by atoms with Crippen molar-refractivity contribution in [2.24, 2.45) is 0 Å².